The van der Waals surface area contributed by atoms with Crippen molar-refractivity contribution in [2.24, 2.45) is 5.92 Å². The van der Waals surface area contributed by atoms with Crippen LogP contribution in [0.2, 0.25) is 0 Å². The van der Waals surface area contributed by atoms with Crippen LogP contribution in [0.5, 0.6) is 0 Å². The Labute approximate surface area is 196 Å². The number of aromatic nitrogens is 2. The van der Waals surface area contributed by atoms with Gasteiger partial charge in [-0.3, -0.25) is 4.79 Å². The van der Waals surface area contributed by atoms with E-state index in [1.807, 2.05) is 11.3 Å². The molecule has 3 aliphatic rings. The number of rotatable bonds is 5. The Hall–Kier alpha value is -1.69. The van der Waals surface area contributed by atoms with Crippen LogP contribution in [0, 0.1) is 5.92 Å². The van der Waals surface area contributed by atoms with Crippen molar-refractivity contribution < 1.29 is 4.79 Å². The predicted molar refractivity (Wildman–Crippen MR) is 133 cm³/mol. The molecular formula is C26H38N4OS. The molecule has 0 unspecified atom stereocenters. The first kappa shape index (κ1) is 22.1. The van der Waals surface area contributed by atoms with Gasteiger partial charge in [-0.25, -0.2) is 9.97 Å². The van der Waals surface area contributed by atoms with Crippen LogP contribution in [0.3, 0.4) is 0 Å². The zero-order chi connectivity index (χ0) is 21.9. The maximum atomic E-state index is 13.1. The maximum Gasteiger partial charge on any atom is 0.225 e. The molecule has 1 amide bonds. The van der Waals surface area contributed by atoms with Crippen molar-refractivity contribution >= 4 is 33.3 Å². The van der Waals surface area contributed by atoms with Crippen molar-refractivity contribution in [3.05, 3.63) is 16.3 Å². The Bertz CT molecular complexity index is 941. The SMILES string of the molecule is CCCCc1nc(N2CCN(C(=O)C3CCCCC3)CC2)c2c3c(sc2n1)CCCCC3. The summed E-state index contributed by atoms with van der Waals surface area (Å²) in [4.78, 5) is 30.6. The lowest BCUT2D eigenvalue weighted by Crippen LogP contribution is -2.51. The van der Waals surface area contributed by atoms with E-state index in [9.17, 15) is 4.79 Å². The highest BCUT2D eigenvalue weighted by Gasteiger charge is 2.30. The van der Waals surface area contributed by atoms with Gasteiger partial charge in [-0.05, 0) is 50.5 Å². The lowest BCUT2D eigenvalue weighted by Gasteiger charge is -2.38. The van der Waals surface area contributed by atoms with Crippen LogP contribution in [-0.2, 0) is 24.1 Å². The molecule has 6 heteroatoms. The van der Waals surface area contributed by atoms with Crippen LogP contribution in [-0.4, -0.2) is 47.0 Å². The van der Waals surface area contributed by atoms with Crippen LogP contribution >= 0.6 is 11.3 Å². The minimum Gasteiger partial charge on any atom is -0.352 e. The molecule has 0 bridgehead atoms. The van der Waals surface area contributed by atoms with Crippen molar-refractivity contribution in [1.82, 2.24) is 14.9 Å². The molecule has 2 aromatic heterocycles. The molecule has 32 heavy (non-hydrogen) atoms. The molecule has 0 radical (unpaired) electrons. The highest BCUT2D eigenvalue weighted by molar-refractivity contribution is 7.19. The monoisotopic (exact) mass is 454 g/mol. The smallest absolute Gasteiger partial charge is 0.225 e. The van der Waals surface area contributed by atoms with Crippen molar-refractivity contribution in [2.45, 2.75) is 90.4 Å². The molecule has 5 nitrogen and oxygen atoms in total. The summed E-state index contributed by atoms with van der Waals surface area (Å²) >= 11 is 1.92. The molecule has 1 aliphatic heterocycles. The Morgan fingerprint density at radius 2 is 1.72 bits per heavy atom. The Morgan fingerprint density at radius 3 is 2.50 bits per heavy atom. The van der Waals surface area contributed by atoms with Gasteiger partial charge in [0.15, 0.2) is 0 Å². The second-order valence-electron chi connectivity index (χ2n) is 9.96. The number of carbonyl (C=O) groups is 1. The van der Waals surface area contributed by atoms with Crippen LogP contribution in [0.15, 0.2) is 0 Å². The molecule has 2 aromatic rings. The fourth-order valence-electron chi connectivity index (χ4n) is 5.78. The van der Waals surface area contributed by atoms with Gasteiger partial charge in [0.2, 0.25) is 5.91 Å². The largest absolute Gasteiger partial charge is 0.352 e. The average molecular weight is 455 g/mol. The third-order valence-corrected chi connectivity index (χ3v) is 8.88. The number of aryl methyl sites for hydroxylation is 3. The topological polar surface area (TPSA) is 49.3 Å². The maximum absolute atomic E-state index is 13.1. The number of amides is 1. The number of unbranched alkanes of at least 4 members (excludes halogenated alkanes) is 1. The average Bonchev–Trinajstić information content (AvgIpc) is 3.03. The van der Waals surface area contributed by atoms with Gasteiger partial charge in [-0.1, -0.05) is 39.0 Å². The van der Waals surface area contributed by atoms with Gasteiger partial charge in [-0.15, -0.1) is 11.3 Å². The summed E-state index contributed by atoms with van der Waals surface area (Å²) in [5.41, 5.74) is 1.53. The van der Waals surface area contributed by atoms with Gasteiger partial charge in [0.25, 0.3) is 0 Å². The van der Waals surface area contributed by atoms with Crippen molar-refractivity contribution in [3.63, 3.8) is 0 Å². The minimum absolute atomic E-state index is 0.273. The van der Waals surface area contributed by atoms with Gasteiger partial charge in [0, 0.05) is 43.4 Å². The quantitative estimate of drug-likeness (QED) is 0.557. The summed E-state index contributed by atoms with van der Waals surface area (Å²) < 4.78 is 0. The van der Waals surface area contributed by atoms with E-state index in [4.69, 9.17) is 9.97 Å². The molecule has 2 fully saturated rings. The number of hydrogen-bond donors (Lipinski definition) is 0. The molecular weight excluding hydrogens is 416 g/mol. The fraction of sp³-hybridized carbons (Fsp3) is 0.731. The minimum atomic E-state index is 0.273. The third-order valence-electron chi connectivity index (χ3n) is 7.69. The van der Waals surface area contributed by atoms with Crippen LogP contribution in [0.1, 0.15) is 87.4 Å². The number of carbonyl (C=O) groups excluding carboxylic acids is 1. The summed E-state index contributed by atoms with van der Waals surface area (Å²) in [6, 6.07) is 0. The molecule has 2 aliphatic carbocycles. The first-order chi connectivity index (χ1) is 15.7. The van der Waals surface area contributed by atoms with Crippen LogP contribution in [0.25, 0.3) is 10.2 Å². The third kappa shape index (κ3) is 4.52. The van der Waals surface area contributed by atoms with E-state index in [0.29, 0.717) is 5.91 Å². The summed E-state index contributed by atoms with van der Waals surface area (Å²) in [5.74, 6) is 2.84. The Balaban J connectivity index is 1.40. The van der Waals surface area contributed by atoms with Crippen molar-refractivity contribution in [2.75, 3.05) is 31.1 Å². The number of thiophene rings is 1. The molecule has 0 spiro atoms. The van der Waals surface area contributed by atoms with Crippen molar-refractivity contribution in [1.29, 1.82) is 0 Å². The highest BCUT2D eigenvalue weighted by atomic mass is 32.1. The lowest BCUT2D eigenvalue weighted by atomic mass is 9.88. The van der Waals surface area contributed by atoms with Crippen molar-refractivity contribution in [3.8, 4) is 0 Å². The molecule has 1 saturated heterocycles. The Kier molecular flexibility index (Phi) is 6.96. The standard InChI is InChI=1S/C26H38N4OS/c1-2-3-14-22-27-24(23-20-12-8-5-9-13-21(20)32-25(23)28-22)29-15-17-30(18-16-29)26(31)19-10-6-4-7-11-19/h19H,2-18H2,1H3. The van der Waals surface area contributed by atoms with Gasteiger partial charge < -0.3 is 9.80 Å². The van der Waals surface area contributed by atoms with E-state index in [-0.39, 0.29) is 5.92 Å². The van der Waals surface area contributed by atoms with E-state index in [1.165, 1.54) is 73.6 Å². The predicted octanol–water partition coefficient (Wildman–Crippen LogP) is 5.53. The lowest BCUT2D eigenvalue weighted by molar-refractivity contribution is -0.136. The molecule has 3 heterocycles. The molecule has 174 valence electrons. The first-order valence-electron chi connectivity index (χ1n) is 13.1. The van der Waals surface area contributed by atoms with Gasteiger partial charge in [-0.2, -0.15) is 0 Å². The normalized spacial score (nSPS) is 20.4. The molecule has 1 saturated carbocycles. The van der Waals surface area contributed by atoms with E-state index in [0.717, 1.165) is 63.5 Å². The summed E-state index contributed by atoms with van der Waals surface area (Å²) in [7, 11) is 0. The van der Waals surface area contributed by atoms with E-state index < -0.39 is 0 Å². The second kappa shape index (κ2) is 10.1. The molecule has 0 atom stereocenters. The Morgan fingerprint density at radius 1 is 0.969 bits per heavy atom. The molecule has 0 aromatic carbocycles. The summed E-state index contributed by atoms with van der Waals surface area (Å²) in [6.45, 7) is 5.68. The van der Waals surface area contributed by atoms with Gasteiger partial charge >= 0.3 is 0 Å². The number of piperazine rings is 1. The van der Waals surface area contributed by atoms with E-state index >= 15 is 0 Å². The molecule has 5 rings (SSSR count). The summed E-state index contributed by atoms with van der Waals surface area (Å²) in [5, 5.41) is 1.33. The van der Waals surface area contributed by atoms with E-state index in [1.54, 1.807) is 4.88 Å². The zero-order valence-electron chi connectivity index (χ0n) is 19.7. The fourth-order valence-corrected chi connectivity index (χ4v) is 7.05. The van der Waals surface area contributed by atoms with E-state index in [2.05, 4.69) is 16.7 Å². The zero-order valence-corrected chi connectivity index (χ0v) is 20.5. The van der Waals surface area contributed by atoms with Crippen LogP contribution in [0.4, 0.5) is 5.82 Å². The van der Waals surface area contributed by atoms with Gasteiger partial charge in [0.05, 0.1) is 5.39 Å². The summed E-state index contributed by atoms with van der Waals surface area (Å²) in [6.07, 6.45) is 15.5. The second-order valence-corrected chi connectivity index (χ2v) is 11.0. The number of anilines is 1. The van der Waals surface area contributed by atoms with Crippen LogP contribution < -0.4 is 4.90 Å². The number of hydrogen-bond acceptors (Lipinski definition) is 5. The molecule has 0 N–H and O–H groups in total. The highest BCUT2D eigenvalue weighted by Crippen LogP contribution is 2.39. The first-order valence-corrected chi connectivity index (χ1v) is 13.9. The number of fused-ring (bicyclic) bond motifs is 3. The van der Waals surface area contributed by atoms with Gasteiger partial charge in [0.1, 0.15) is 16.5 Å². The number of nitrogens with zero attached hydrogens (tertiary/aromatic N) is 4.